The van der Waals surface area contributed by atoms with Crippen LogP contribution in [-0.4, -0.2) is 39.7 Å². The molecule has 2 N–H and O–H groups in total. The summed E-state index contributed by atoms with van der Waals surface area (Å²) >= 11 is 0. The van der Waals surface area contributed by atoms with Crippen molar-refractivity contribution in [1.29, 1.82) is 0 Å². The second-order valence-corrected chi connectivity index (χ2v) is 5.90. The van der Waals surface area contributed by atoms with Crippen LogP contribution >= 0.6 is 0 Å². The first kappa shape index (κ1) is 15.7. The van der Waals surface area contributed by atoms with Gasteiger partial charge in [0.25, 0.3) is 0 Å². The Labute approximate surface area is 107 Å². The molecule has 0 aliphatic rings. The van der Waals surface area contributed by atoms with Crippen LogP contribution in [0.2, 0.25) is 0 Å². The Balaban J connectivity index is 3.17. The first-order chi connectivity index (χ1) is 8.54. The molecule has 0 aliphatic carbocycles. The van der Waals surface area contributed by atoms with E-state index in [9.17, 15) is 22.2 Å². The van der Waals surface area contributed by atoms with Crippen molar-refractivity contribution in [3.05, 3.63) is 24.3 Å². The van der Waals surface area contributed by atoms with Crippen LogP contribution in [0.1, 0.15) is 0 Å². The van der Waals surface area contributed by atoms with E-state index in [1.54, 1.807) is 0 Å². The molecule has 10 heteroatoms. The van der Waals surface area contributed by atoms with E-state index in [4.69, 9.17) is 10.0 Å². The minimum atomic E-state index is -5.18. The SMILES string of the molecule is CS(=O)(=NC(=O)C(F)(F)F)c1ccc(B(O)O)cc1. The van der Waals surface area contributed by atoms with Gasteiger partial charge in [-0.25, -0.2) is 4.21 Å². The number of amides is 1. The third-order valence-electron chi connectivity index (χ3n) is 2.12. The summed E-state index contributed by atoms with van der Waals surface area (Å²) in [6.07, 6.45) is -4.29. The van der Waals surface area contributed by atoms with E-state index in [-0.39, 0.29) is 10.4 Å². The second kappa shape index (κ2) is 5.31. The molecule has 0 spiro atoms. The molecule has 0 heterocycles. The van der Waals surface area contributed by atoms with Crippen molar-refractivity contribution >= 4 is 28.2 Å². The van der Waals surface area contributed by atoms with E-state index in [1.165, 1.54) is 0 Å². The highest BCUT2D eigenvalue weighted by Gasteiger charge is 2.39. The van der Waals surface area contributed by atoms with E-state index in [0.29, 0.717) is 0 Å². The minimum absolute atomic E-state index is 0.0705. The fourth-order valence-electron chi connectivity index (χ4n) is 1.16. The molecule has 0 saturated carbocycles. The first-order valence-electron chi connectivity index (χ1n) is 4.83. The van der Waals surface area contributed by atoms with Gasteiger partial charge in [-0.05, 0) is 17.6 Å². The molecular formula is C9H9BF3NO4S. The van der Waals surface area contributed by atoms with Crippen molar-refractivity contribution in [3.63, 3.8) is 0 Å². The number of hydrogen-bond donors (Lipinski definition) is 2. The fourth-order valence-corrected chi connectivity index (χ4v) is 2.32. The van der Waals surface area contributed by atoms with E-state index in [0.717, 1.165) is 30.5 Å². The van der Waals surface area contributed by atoms with Crippen molar-refractivity contribution in [2.45, 2.75) is 11.1 Å². The lowest BCUT2D eigenvalue weighted by Gasteiger charge is -2.06. The van der Waals surface area contributed by atoms with E-state index in [2.05, 4.69) is 4.36 Å². The number of carbonyl (C=O) groups excluding carboxylic acids is 1. The van der Waals surface area contributed by atoms with Crippen LogP contribution in [0.15, 0.2) is 33.5 Å². The fraction of sp³-hybridized carbons (Fsp3) is 0.222. The Morgan fingerprint density at radius 1 is 1.26 bits per heavy atom. The van der Waals surface area contributed by atoms with Gasteiger partial charge in [-0.1, -0.05) is 12.1 Å². The summed E-state index contributed by atoms with van der Waals surface area (Å²) in [7, 11) is -5.30. The molecule has 0 bridgehead atoms. The molecule has 19 heavy (non-hydrogen) atoms. The van der Waals surface area contributed by atoms with Gasteiger partial charge in [0.1, 0.15) is 0 Å². The number of alkyl halides is 3. The third kappa shape index (κ3) is 4.05. The summed E-state index contributed by atoms with van der Waals surface area (Å²) in [6.45, 7) is 0. The number of rotatable bonds is 2. The van der Waals surface area contributed by atoms with Gasteiger partial charge in [-0.2, -0.15) is 13.2 Å². The molecule has 0 fully saturated rings. The number of benzene rings is 1. The number of nitrogens with zero attached hydrogens (tertiary/aromatic N) is 1. The first-order valence-corrected chi connectivity index (χ1v) is 6.76. The lowest BCUT2D eigenvalue weighted by Crippen LogP contribution is -2.29. The zero-order chi connectivity index (χ0) is 14.8. The van der Waals surface area contributed by atoms with Crippen LogP contribution in [0, 0.1) is 0 Å². The molecular weight excluding hydrogens is 286 g/mol. The van der Waals surface area contributed by atoms with Gasteiger partial charge in [-0.3, -0.25) is 4.79 Å². The minimum Gasteiger partial charge on any atom is -0.423 e. The topological polar surface area (TPSA) is 87.0 Å². The highest BCUT2D eigenvalue weighted by Crippen LogP contribution is 2.19. The summed E-state index contributed by atoms with van der Waals surface area (Å²) in [5, 5.41) is 17.7. The summed E-state index contributed by atoms with van der Waals surface area (Å²) in [5.74, 6) is -2.42. The highest BCUT2D eigenvalue weighted by molar-refractivity contribution is 7.93. The van der Waals surface area contributed by atoms with Crippen LogP contribution in [0.25, 0.3) is 0 Å². The Kier molecular flexibility index (Phi) is 4.38. The van der Waals surface area contributed by atoms with Gasteiger partial charge in [0, 0.05) is 11.2 Å². The van der Waals surface area contributed by atoms with Gasteiger partial charge in [0.05, 0.1) is 9.73 Å². The van der Waals surface area contributed by atoms with Crippen molar-refractivity contribution < 1.29 is 32.2 Å². The summed E-state index contributed by atoms with van der Waals surface area (Å²) in [6, 6.07) is 4.56. The molecule has 0 saturated heterocycles. The van der Waals surface area contributed by atoms with Crippen LogP contribution in [-0.2, 0) is 14.5 Å². The molecule has 1 rings (SSSR count). The quantitative estimate of drug-likeness (QED) is 0.747. The lowest BCUT2D eigenvalue weighted by atomic mass is 9.81. The lowest BCUT2D eigenvalue weighted by molar-refractivity contribution is -0.169. The zero-order valence-electron chi connectivity index (χ0n) is 9.59. The number of halogens is 3. The molecule has 1 unspecified atom stereocenters. The Morgan fingerprint density at radius 3 is 2.11 bits per heavy atom. The molecule has 5 nitrogen and oxygen atoms in total. The van der Waals surface area contributed by atoms with Crippen LogP contribution in [0.3, 0.4) is 0 Å². The molecule has 1 aromatic rings. The smallest absolute Gasteiger partial charge is 0.423 e. The van der Waals surface area contributed by atoms with Crippen LogP contribution < -0.4 is 5.46 Å². The summed E-state index contributed by atoms with van der Waals surface area (Å²) < 4.78 is 50.7. The average Bonchev–Trinajstić information content (AvgIpc) is 2.27. The third-order valence-corrected chi connectivity index (χ3v) is 3.78. The Bertz CT molecular complexity index is 590. The van der Waals surface area contributed by atoms with Crippen molar-refractivity contribution in [1.82, 2.24) is 0 Å². The summed E-state index contributed by atoms with van der Waals surface area (Å²) in [5.41, 5.74) is 0.0705. The maximum atomic E-state index is 12.0. The van der Waals surface area contributed by atoms with E-state index < -0.39 is 28.9 Å². The Hall–Kier alpha value is -1.39. The molecule has 1 aromatic carbocycles. The second-order valence-electron chi connectivity index (χ2n) is 3.64. The zero-order valence-corrected chi connectivity index (χ0v) is 10.4. The van der Waals surface area contributed by atoms with Gasteiger partial charge < -0.3 is 10.0 Å². The van der Waals surface area contributed by atoms with Crippen molar-refractivity contribution in [2.24, 2.45) is 4.36 Å². The predicted octanol–water partition coefficient (Wildman–Crippen LogP) is -0.0880. The molecule has 104 valence electrons. The summed E-state index contributed by atoms with van der Waals surface area (Å²) in [4.78, 5) is 10.6. The highest BCUT2D eigenvalue weighted by atomic mass is 32.2. The van der Waals surface area contributed by atoms with Gasteiger partial charge in [0.15, 0.2) is 0 Å². The predicted molar refractivity (Wildman–Crippen MR) is 62.1 cm³/mol. The largest absolute Gasteiger partial charge is 0.488 e. The maximum absolute atomic E-state index is 12.0. The van der Waals surface area contributed by atoms with Gasteiger partial charge in [0.2, 0.25) is 0 Å². The van der Waals surface area contributed by atoms with Gasteiger partial charge in [-0.15, -0.1) is 4.36 Å². The number of hydrogen-bond acceptors (Lipinski definition) is 4. The van der Waals surface area contributed by atoms with Crippen LogP contribution in [0.5, 0.6) is 0 Å². The Morgan fingerprint density at radius 2 is 1.74 bits per heavy atom. The van der Waals surface area contributed by atoms with Gasteiger partial charge >= 0.3 is 19.2 Å². The monoisotopic (exact) mass is 295 g/mol. The molecule has 0 radical (unpaired) electrons. The molecule has 0 aromatic heterocycles. The van der Waals surface area contributed by atoms with E-state index >= 15 is 0 Å². The normalized spacial score (nSPS) is 14.6. The van der Waals surface area contributed by atoms with Crippen molar-refractivity contribution in [2.75, 3.05) is 6.26 Å². The van der Waals surface area contributed by atoms with Crippen molar-refractivity contribution in [3.8, 4) is 0 Å². The van der Waals surface area contributed by atoms with E-state index in [1.807, 2.05) is 0 Å². The average molecular weight is 295 g/mol. The number of carbonyl (C=O) groups is 1. The van der Waals surface area contributed by atoms with Crippen LogP contribution in [0.4, 0.5) is 13.2 Å². The molecule has 0 aliphatic heterocycles. The maximum Gasteiger partial charge on any atom is 0.488 e. The molecule has 1 atom stereocenters. The molecule has 1 amide bonds. The standard InChI is InChI=1S/C9H9BF3NO4S/c1-19(18,14-8(15)9(11,12)13)7-4-2-6(3-5-7)10(16)17/h2-5,16-17H,1H3.